The highest BCUT2D eigenvalue weighted by molar-refractivity contribution is 7.99. The molecule has 8 nitrogen and oxygen atoms in total. The zero-order valence-corrected chi connectivity index (χ0v) is 32.4. The first-order chi connectivity index (χ1) is 23.3. The van der Waals surface area contributed by atoms with Crippen LogP contribution in [0.2, 0.25) is 0 Å². The molecule has 0 fully saturated rings. The Bertz CT molecular complexity index is 677. The fourth-order valence-corrected chi connectivity index (χ4v) is 6.55. The number of thioether (sulfide) groups is 2. The summed E-state index contributed by atoms with van der Waals surface area (Å²) in [4.78, 5) is 43.6. The minimum Gasteiger partial charge on any atom is -0.481 e. The molecule has 0 bridgehead atoms. The summed E-state index contributed by atoms with van der Waals surface area (Å²) in [5.74, 6) is 0.495. The Hall–Kier alpha value is -1.42. The molecular weight excluding hydrogens is 649 g/mol. The van der Waals surface area contributed by atoms with Crippen molar-refractivity contribution in [3.8, 4) is 0 Å². The first kappa shape index (κ1) is 48.7. The van der Waals surface area contributed by atoms with Gasteiger partial charge >= 0.3 is 23.9 Å². The van der Waals surface area contributed by atoms with E-state index in [-0.39, 0.29) is 24.8 Å². The normalized spacial score (nSPS) is 10.7. The monoisotopic (exact) mass is 720 g/mol. The fraction of sp³-hybridized carbons (Fsp3) is 0.895. The highest BCUT2D eigenvalue weighted by atomic mass is 32.2. The van der Waals surface area contributed by atoms with Crippen molar-refractivity contribution in [3.05, 3.63) is 0 Å². The number of ether oxygens (including phenoxy) is 2. The van der Waals surface area contributed by atoms with Crippen molar-refractivity contribution in [1.82, 2.24) is 0 Å². The number of esters is 2. The lowest BCUT2D eigenvalue weighted by Gasteiger charge is -2.06. The summed E-state index contributed by atoms with van der Waals surface area (Å²) in [5, 5.41) is 16.4. The van der Waals surface area contributed by atoms with Gasteiger partial charge in [0.1, 0.15) is 0 Å². The molecule has 0 radical (unpaired) electrons. The van der Waals surface area contributed by atoms with Gasteiger partial charge in [0, 0.05) is 23.0 Å². The predicted octanol–water partition coefficient (Wildman–Crippen LogP) is 10.9. The maximum absolute atomic E-state index is 11.8. The SMILES string of the molecule is CCCCCCCCCCCCCOC(=O)CCSCCC(=O)OCCCCCCCCCCCCC.O=C(O)CCSCCC(=O)O. The zero-order chi connectivity index (χ0) is 35.8. The van der Waals surface area contributed by atoms with Gasteiger partial charge in [-0.25, -0.2) is 0 Å². The minimum atomic E-state index is -0.840. The number of hydrogen-bond donors (Lipinski definition) is 2. The van der Waals surface area contributed by atoms with Gasteiger partial charge < -0.3 is 19.7 Å². The van der Waals surface area contributed by atoms with Crippen LogP contribution in [0.15, 0.2) is 0 Å². The van der Waals surface area contributed by atoms with Crippen LogP contribution in [-0.4, -0.2) is 70.3 Å². The summed E-state index contributed by atoms with van der Waals surface area (Å²) in [7, 11) is 0. The van der Waals surface area contributed by atoms with Crippen LogP contribution in [0.5, 0.6) is 0 Å². The smallest absolute Gasteiger partial charge is 0.306 e. The van der Waals surface area contributed by atoms with Crippen LogP contribution in [0.4, 0.5) is 0 Å². The average Bonchev–Trinajstić information content (AvgIpc) is 3.05. The minimum absolute atomic E-state index is 0.101. The van der Waals surface area contributed by atoms with E-state index in [1.807, 2.05) is 0 Å². The van der Waals surface area contributed by atoms with Gasteiger partial charge in [0.25, 0.3) is 0 Å². The molecule has 0 aromatic rings. The molecule has 0 heterocycles. The molecule has 48 heavy (non-hydrogen) atoms. The Kier molecular flexibility index (Phi) is 42.4. The Balaban J connectivity index is 0. The lowest BCUT2D eigenvalue weighted by molar-refractivity contribution is -0.144. The molecule has 0 aliphatic rings. The summed E-state index contributed by atoms with van der Waals surface area (Å²) >= 11 is 2.98. The van der Waals surface area contributed by atoms with Crippen LogP contribution >= 0.6 is 23.5 Å². The number of unbranched alkanes of at least 4 members (excludes halogenated alkanes) is 20. The van der Waals surface area contributed by atoms with Crippen LogP contribution in [0.25, 0.3) is 0 Å². The standard InChI is InChI=1S/C32H62O4S.C6H10O4S/c1-3-5-7-9-11-13-15-17-19-21-23-27-35-31(33)25-29-37-30-26-32(34)36-28-24-22-20-18-16-14-12-10-8-6-4-2;7-5(8)1-3-11-4-2-6(9)10/h3-30H2,1-2H3;1-4H2,(H,7,8)(H,9,10). The predicted molar refractivity (Wildman–Crippen MR) is 203 cm³/mol. The van der Waals surface area contributed by atoms with E-state index in [9.17, 15) is 19.2 Å². The van der Waals surface area contributed by atoms with Crippen LogP contribution in [0, 0.1) is 0 Å². The van der Waals surface area contributed by atoms with Crippen LogP contribution in [0.3, 0.4) is 0 Å². The van der Waals surface area contributed by atoms with E-state index in [0.717, 1.165) is 25.7 Å². The zero-order valence-electron chi connectivity index (χ0n) is 30.8. The van der Waals surface area contributed by atoms with Crippen molar-refractivity contribution in [2.75, 3.05) is 36.2 Å². The molecule has 10 heteroatoms. The average molecular weight is 721 g/mol. The Morgan fingerprint density at radius 1 is 0.396 bits per heavy atom. The van der Waals surface area contributed by atoms with Crippen molar-refractivity contribution in [2.24, 2.45) is 0 Å². The van der Waals surface area contributed by atoms with Gasteiger partial charge in [-0.15, -0.1) is 0 Å². The van der Waals surface area contributed by atoms with Gasteiger partial charge in [-0.3, -0.25) is 19.2 Å². The summed E-state index contributed by atoms with van der Waals surface area (Å²) in [6.07, 6.45) is 29.6. The van der Waals surface area contributed by atoms with Gasteiger partial charge in [0.2, 0.25) is 0 Å². The molecule has 0 aliphatic heterocycles. The number of hydrogen-bond acceptors (Lipinski definition) is 8. The molecule has 0 unspecified atom stereocenters. The summed E-state index contributed by atoms with van der Waals surface area (Å²) in [5.41, 5.74) is 0. The van der Waals surface area contributed by atoms with Crippen molar-refractivity contribution in [2.45, 2.75) is 181 Å². The van der Waals surface area contributed by atoms with Crippen molar-refractivity contribution in [1.29, 1.82) is 0 Å². The molecule has 0 amide bonds. The maximum Gasteiger partial charge on any atom is 0.306 e. The number of carbonyl (C=O) groups excluding carboxylic acids is 2. The van der Waals surface area contributed by atoms with Crippen LogP contribution in [-0.2, 0) is 28.7 Å². The molecule has 0 saturated heterocycles. The third kappa shape index (κ3) is 46.7. The van der Waals surface area contributed by atoms with Gasteiger partial charge in [-0.2, -0.15) is 23.5 Å². The van der Waals surface area contributed by atoms with Crippen molar-refractivity contribution < 1.29 is 38.9 Å². The molecule has 0 aromatic carbocycles. The molecule has 0 saturated carbocycles. The van der Waals surface area contributed by atoms with E-state index >= 15 is 0 Å². The van der Waals surface area contributed by atoms with E-state index < -0.39 is 11.9 Å². The molecule has 284 valence electrons. The van der Waals surface area contributed by atoms with E-state index in [1.165, 1.54) is 127 Å². The number of aliphatic carboxylic acids is 2. The van der Waals surface area contributed by atoms with Gasteiger partial charge in [-0.05, 0) is 12.8 Å². The molecule has 0 spiro atoms. The molecule has 2 N–H and O–H groups in total. The second-order valence-corrected chi connectivity index (χ2v) is 15.0. The van der Waals surface area contributed by atoms with Gasteiger partial charge in [0.05, 0.1) is 38.9 Å². The van der Waals surface area contributed by atoms with Gasteiger partial charge in [-0.1, -0.05) is 142 Å². The summed E-state index contributed by atoms with van der Waals surface area (Å²) in [6.45, 7) is 5.62. The first-order valence-electron chi connectivity index (χ1n) is 19.2. The van der Waals surface area contributed by atoms with Crippen molar-refractivity contribution in [3.63, 3.8) is 0 Å². The third-order valence-corrected chi connectivity index (χ3v) is 9.81. The van der Waals surface area contributed by atoms with E-state index in [4.69, 9.17) is 19.7 Å². The molecule has 0 aliphatic carbocycles. The maximum atomic E-state index is 11.8. The largest absolute Gasteiger partial charge is 0.481 e. The van der Waals surface area contributed by atoms with Crippen LogP contribution in [0.1, 0.15) is 181 Å². The fourth-order valence-electron chi connectivity index (χ4n) is 4.88. The Morgan fingerprint density at radius 2 is 0.646 bits per heavy atom. The quantitative estimate of drug-likeness (QED) is 0.0477. The molecule has 0 atom stereocenters. The Morgan fingerprint density at radius 3 is 0.917 bits per heavy atom. The lowest BCUT2D eigenvalue weighted by atomic mass is 10.1. The number of rotatable bonds is 36. The molecule has 0 rings (SSSR count). The second-order valence-electron chi connectivity index (χ2n) is 12.5. The molecular formula is C38H72O8S2. The van der Waals surface area contributed by atoms with E-state index in [2.05, 4.69) is 13.8 Å². The first-order valence-corrected chi connectivity index (χ1v) is 21.5. The second kappa shape index (κ2) is 41.7. The van der Waals surface area contributed by atoms with Crippen molar-refractivity contribution >= 4 is 47.4 Å². The number of carbonyl (C=O) groups is 4. The third-order valence-electron chi connectivity index (χ3n) is 7.84. The lowest BCUT2D eigenvalue weighted by Crippen LogP contribution is -2.09. The van der Waals surface area contributed by atoms with Gasteiger partial charge in [0.15, 0.2) is 0 Å². The van der Waals surface area contributed by atoms with Crippen LogP contribution < -0.4 is 0 Å². The Labute approximate surface area is 302 Å². The van der Waals surface area contributed by atoms with E-state index in [0.29, 0.717) is 49.1 Å². The summed E-state index contributed by atoms with van der Waals surface area (Å²) in [6, 6.07) is 0. The molecule has 0 aromatic heterocycles. The summed E-state index contributed by atoms with van der Waals surface area (Å²) < 4.78 is 10.7. The number of carboxylic acid groups (broad SMARTS) is 2. The number of carboxylic acids is 2. The topological polar surface area (TPSA) is 127 Å². The van der Waals surface area contributed by atoms with E-state index in [1.54, 1.807) is 11.8 Å². The highest BCUT2D eigenvalue weighted by Crippen LogP contribution is 2.13. The highest BCUT2D eigenvalue weighted by Gasteiger charge is 2.06.